The van der Waals surface area contributed by atoms with Crippen molar-refractivity contribution in [1.82, 2.24) is 19.7 Å². The van der Waals surface area contributed by atoms with Crippen LogP contribution in [0.15, 0.2) is 42.7 Å². The molecule has 4 aromatic rings. The fourth-order valence-electron chi connectivity index (χ4n) is 4.73. The Morgan fingerprint density at radius 1 is 1.18 bits per heavy atom. The first-order valence-electron chi connectivity index (χ1n) is 10.9. The smallest absolute Gasteiger partial charge is 0.265 e. The van der Waals surface area contributed by atoms with Crippen LogP contribution in [0.4, 0.5) is 10.1 Å². The van der Waals surface area contributed by atoms with Crippen LogP contribution in [0.1, 0.15) is 55.2 Å². The van der Waals surface area contributed by atoms with Crippen LogP contribution in [-0.4, -0.2) is 31.4 Å². The summed E-state index contributed by atoms with van der Waals surface area (Å²) in [6, 6.07) is 7.14. The number of fused-ring (bicyclic) bond motifs is 2. The second-order valence-electron chi connectivity index (χ2n) is 9.92. The van der Waals surface area contributed by atoms with E-state index in [-0.39, 0.29) is 22.6 Å². The highest BCUT2D eigenvalue weighted by atomic mass is 32.1. The van der Waals surface area contributed by atoms with E-state index in [1.807, 2.05) is 18.2 Å². The van der Waals surface area contributed by atoms with Gasteiger partial charge in [0.25, 0.3) is 5.91 Å². The minimum atomic E-state index is -0.482. The topological polar surface area (TPSA) is 71.3 Å². The largest absolute Gasteiger partial charge is 0.320 e. The maximum atomic E-state index is 14.4. The number of aromatic nitrogens is 3. The molecule has 33 heavy (non-hydrogen) atoms. The number of carbonyl (C=O) groups is 1. The molecule has 0 atom stereocenters. The Labute approximate surface area is 195 Å². The highest BCUT2D eigenvalue weighted by Gasteiger charge is 2.33. The molecule has 4 aromatic heterocycles. The molecule has 6 nitrogen and oxygen atoms in total. The summed E-state index contributed by atoms with van der Waals surface area (Å²) in [6.45, 7) is 10.5. The van der Waals surface area contributed by atoms with Gasteiger partial charge in [0.2, 0.25) is 0 Å². The van der Waals surface area contributed by atoms with Crippen molar-refractivity contribution in [2.45, 2.75) is 52.1 Å². The summed E-state index contributed by atoms with van der Waals surface area (Å²) >= 11 is 1.34. The Hall–Kier alpha value is -3.10. The molecule has 1 amide bonds. The molecule has 2 N–H and O–H groups in total. The third-order valence-corrected chi connectivity index (χ3v) is 6.69. The number of nitrogens with zero attached hydrogens (tertiary/aromatic N) is 3. The van der Waals surface area contributed by atoms with Crippen molar-refractivity contribution < 1.29 is 9.18 Å². The number of carbonyl (C=O) groups excluding carboxylic acids is 1. The first-order valence-corrected chi connectivity index (χ1v) is 11.7. The van der Waals surface area contributed by atoms with Crippen molar-refractivity contribution in [2.24, 2.45) is 0 Å². The van der Waals surface area contributed by atoms with Gasteiger partial charge in [0.05, 0.1) is 22.0 Å². The van der Waals surface area contributed by atoms with Gasteiger partial charge >= 0.3 is 0 Å². The standard InChI is InChI=1S/C25H26FN5OS/c1-14-12-31-13-17(9-18(26)21(31)27-14)28-22(32)20-8-15-6-7-19(29-23(15)33-20)16-10-24(2,3)30-25(4,5)11-16/h6-10,12-13,30H,11H2,1-5H3,(H,28,32). The third-order valence-electron chi connectivity index (χ3n) is 5.65. The first kappa shape index (κ1) is 21.7. The van der Waals surface area contributed by atoms with Crippen molar-refractivity contribution >= 4 is 44.4 Å². The Morgan fingerprint density at radius 2 is 1.97 bits per heavy atom. The summed E-state index contributed by atoms with van der Waals surface area (Å²) in [5, 5.41) is 7.35. The summed E-state index contributed by atoms with van der Waals surface area (Å²) in [5.41, 5.74) is 3.29. The van der Waals surface area contributed by atoms with Crippen LogP contribution >= 0.6 is 11.3 Å². The van der Waals surface area contributed by atoms with E-state index < -0.39 is 5.82 Å². The third kappa shape index (κ3) is 4.28. The molecule has 0 unspecified atom stereocenters. The maximum absolute atomic E-state index is 14.4. The first-order chi connectivity index (χ1) is 15.5. The van der Waals surface area contributed by atoms with Gasteiger partial charge in [-0.05, 0) is 64.8 Å². The van der Waals surface area contributed by atoms with Gasteiger partial charge in [0, 0.05) is 34.9 Å². The van der Waals surface area contributed by atoms with E-state index in [2.05, 4.69) is 49.4 Å². The summed E-state index contributed by atoms with van der Waals surface area (Å²) in [7, 11) is 0. The van der Waals surface area contributed by atoms with E-state index in [0.29, 0.717) is 16.3 Å². The summed E-state index contributed by atoms with van der Waals surface area (Å²) in [4.78, 5) is 23.2. The van der Waals surface area contributed by atoms with E-state index >= 15 is 0 Å². The summed E-state index contributed by atoms with van der Waals surface area (Å²) in [5.74, 6) is -0.775. The highest BCUT2D eigenvalue weighted by Crippen LogP contribution is 2.34. The molecular weight excluding hydrogens is 437 g/mol. The maximum Gasteiger partial charge on any atom is 0.265 e. The number of imidazole rings is 1. The zero-order valence-electron chi connectivity index (χ0n) is 19.3. The lowest BCUT2D eigenvalue weighted by Crippen LogP contribution is -2.53. The van der Waals surface area contributed by atoms with Crippen LogP contribution in [0, 0.1) is 12.7 Å². The van der Waals surface area contributed by atoms with Crippen LogP contribution in [0.5, 0.6) is 0 Å². The molecular formula is C25H26FN5OS. The normalized spacial score (nSPS) is 17.3. The second kappa shape index (κ2) is 7.46. The quantitative estimate of drug-likeness (QED) is 0.416. The van der Waals surface area contributed by atoms with Crippen LogP contribution < -0.4 is 10.6 Å². The summed E-state index contributed by atoms with van der Waals surface area (Å²) in [6.07, 6.45) is 6.48. The van der Waals surface area contributed by atoms with E-state index in [0.717, 1.165) is 22.3 Å². The molecule has 0 saturated heterocycles. The monoisotopic (exact) mass is 463 g/mol. The molecule has 0 aliphatic carbocycles. The lowest BCUT2D eigenvalue weighted by Gasteiger charge is -2.41. The van der Waals surface area contributed by atoms with Crippen molar-refractivity contribution in [1.29, 1.82) is 0 Å². The lowest BCUT2D eigenvalue weighted by molar-refractivity contribution is 0.103. The van der Waals surface area contributed by atoms with Crippen LogP contribution in [0.2, 0.25) is 0 Å². The van der Waals surface area contributed by atoms with Crippen LogP contribution in [0.25, 0.3) is 21.4 Å². The number of aryl methyl sites for hydroxylation is 1. The fourth-order valence-corrected chi connectivity index (χ4v) is 5.66. The SMILES string of the molecule is Cc1cn2cc(NC(=O)c3cc4ccc(C5=CC(C)(C)NC(C)(C)C5)nc4s3)cc(F)c2n1. The van der Waals surface area contributed by atoms with Gasteiger partial charge in [0.15, 0.2) is 11.5 Å². The molecule has 0 saturated carbocycles. The number of amides is 1. The molecule has 1 aliphatic rings. The number of hydrogen-bond donors (Lipinski definition) is 2. The van der Waals surface area contributed by atoms with Gasteiger partial charge in [-0.15, -0.1) is 11.3 Å². The van der Waals surface area contributed by atoms with Crippen LogP contribution in [-0.2, 0) is 0 Å². The van der Waals surface area contributed by atoms with E-state index in [1.165, 1.54) is 23.0 Å². The average Bonchev–Trinajstić information content (AvgIpc) is 3.28. The number of rotatable bonds is 3. The fraction of sp³-hybridized carbons (Fsp3) is 0.320. The molecule has 170 valence electrons. The lowest BCUT2D eigenvalue weighted by atomic mass is 9.82. The molecule has 0 spiro atoms. The highest BCUT2D eigenvalue weighted by molar-refractivity contribution is 7.20. The Bertz CT molecular complexity index is 1450. The molecule has 8 heteroatoms. The molecule has 0 bridgehead atoms. The predicted molar refractivity (Wildman–Crippen MR) is 131 cm³/mol. The molecule has 0 aromatic carbocycles. The molecule has 0 radical (unpaired) electrons. The zero-order valence-corrected chi connectivity index (χ0v) is 20.1. The van der Waals surface area contributed by atoms with Crippen molar-refractivity contribution in [3.05, 3.63) is 64.8 Å². The van der Waals surface area contributed by atoms with Gasteiger partial charge in [0.1, 0.15) is 4.83 Å². The minimum Gasteiger partial charge on any atom is -0.320 e. The molecule has 5 rings (SSSR count). The molecule has 5 heterocycles. The molecule has 0 fully saturated rings. The minimum absolute atomic E-state index is 0.0329. The zero-order chi connectivity index (χ0) is 23.5. The van der Waals surface area contributed by atoms with Gasteiger partial charge < -0.3 is 15.0 Å². The Balaban J connectivity index is 1.43. The predicted octanol–water partition coefficient (Wildman–Crippen LogP) is 5.58. The van der Waals surface area contributed by atoms with E-state index in [1.54, 1.807) is 23.7 Å². The van der Waals surface area contributed by atoms with Crippen LogP contribution in [0.3, 0.4) is 0 Å². The van der Waals surface area contributed by atoms with Crippen molar-refractivity contribution in [3.8, 4) is 0 Å². The average molecular weight is 464 g/mol. The second-order valence-corrected chi connectivity index (χ2v) is 11.0. The number of thiophene rings is 1. The van der Waals surface area contributed by atoms with E-state index in [4.69, 9.17) is 4.98 Å². The van der Waals surface area contributed by atoms with Gasteiger partial charge in [-0.1, -0.05) is 6.08 Å². The molecule has 1 aliphatic heterocycles. The van der Waals surface area contributed by atoms with Gasteiger partial charge in [-0.2, -0.15) is 0 Å². The number of halogens is 1. The Morgan fingerprint density at radius 3 is 2.73 bits per heavy atom. The van der Waals surface area contributed by atoms with Gasteiger partial charge in [-0.3, -0.25) is 4.79 Å². The number of hydrogen-bond acceptors (Lipinski definition) is 5. The number of anilines is 1. The van der Waals surface area contributed by atoms with Crippen molar-refractivity contribution in [3.63, 3.8) is 0 Å². The Kier molecular flexibility index (Phi) is 4.91. The number of pyridine rings is 2. The number of nitrogens with one attached hydrogen (secondary N) is 2. The van der Waals surface area contributed by atoms with Gasteiger partial charge in [-0.25, -0.2) is 14.4 Å². The summed E-state index contributed by atoms with van der Waals surface area (Å²) < 4.78 is 15.9. The van der Waals surface area contributed by atoms with E-state index in [9.17, 15) is 9.18 Å². The van der Waals surface area contributed by atoms with Crippen molar-refractivity contribution in [2.75, 3.05) is 5.32 Å².